The van der Waals surface area contributed by atoms with Crippen molar-refractivity contribution in [1.82, 2.24) is 10.2 Å². The second kappa shape index (κ2) is 6.70. The van der Waals surface area contributed by atoms with Crippen molar-refractivity contribution in [3.8, 4) is 0 Å². The number of nitrogens with one attached hydrogen (secondary N) is 1. The largest absolute Gasteiger partial charge is 0.351 e. The Morgan fingerprint density at radius 1 is 1.42 bits per heavy atom. The molecule has 0 aliphatic carbocycles. The average molecular weight is 282 g/mol. The Kier molecular flexibility index (Phi) is 5.54. The summed E-state index contributed by atoms with van der Waals surface area (Å²) in [5.74, 6) is -0.0569. The zero-order valence-corrected chi connectivity index (χ0v) is 12.8. The van der Waals surface area contributed by atoms with Crippen molar-refractivity contribution in [2.75, 3.05) is 13.6 Å². The van der Waals surface area contributed by atoms with E-state index in [1.807, 2.05) is 32.3 Å². The summed E-state index contributed by atoms with van der Waals surface area (Å²) in [4.78, 5) is 26.1. The molecule has 0 spiro atoms. The normalized spacial score (nSPS) is 11.2. The molecule has 0 aliphatic heterocycles. The molecule has 2 amide bonds. The van der Waals surface area contributed by atoms with Gasteiger partial charge in [-0.25, -0.2) is 0 Å². The third kappa shape index (κ3) is 4.35. The highest BCUT2D eigenvalue weighted by Gasteiger charge is 2.25. The van der Waals surface area contributed by atoms with Gasteiger partial charge in [-0.15, -0.1) is 11.3 Å². The second-order valence-electron chi connectivity index (χ2n) is 5.10. The minimum Gasteiger partial charge on any atom is -0.351 e. The molecule has 0 fully saturated rings. The maximum Gasteiger partial charge on any atom is 0.261 e. The number of nitrogens with zero attached hydrogens (tertiary/aromatic N) is 1. The van der Waals surface area contributed by atoms with Gasteiger partial charge in [-0.1, -0.05) is 13.0 Å². The van der Waals surface area contributed by atoms with E-state index in [0.717, 1.165) is 6.42 Å². The van der Waals surface area contributed by atoms with Crippen LogP contribution in [0.15, 0.2) is 17.5 Å². The van der Waals surface area contributed by atoms with Gasteiger partial charge in [0.2, 0.25) is 5.91 Å². The molecule has 1 heterocycles. The van der Waals surface area contributed by atoms with Crippen molar-refractivity contribution in [2.45, 2.75) is 39.2 Å². The minimum atomic E-state index is -0.144. The molecule has 0 radical (unpaired) electrons. The molecule has 0 bridgehead atoms. The molecule has 0 saturated carbocycles. The maximum absolute atomic E-state index is 12.0. The summed E-state index contributed by atoms with van der Waals surface area (Å²) in [5.41, 5.74) is -0.144. The molecule has 1 aromatic rings. The molecule has 0 atom stereocenters. The molecule has 0 aromatic carbocycles. The Morgan fingerprint density at radius 3 is 2.63 bits per heavy atom. The molecular weight excluding hydrogens is 260 g/mol. The molecule has 0 saturated heterocycles. The van der Waals surface area contributed by atoms with Crippen LogP contribution in [0, 0.1) is 0 Å². The lowest BCUT2D eigenvalue weighted by Gasteiger charge is -2.35. The van der Waals surface area contributed by atoms with Crippen LogP contribution in [0.3, 0.4) is 0 Å². The summed E-state index contributed by atoms with van der Waals surface area (Å²) in [6.45, 7) is 6.51. The van der Waals surface area contributed by atoms with Crippen LogP contribution in [0.1, 0.15) is 43.3 Å². The van der Waals surface area contributed by atoms with Crippen molar-refractivity contribution < 1.29 is 9.59 Å². The lowest BCUT2D eigenvalue weighted by Crippen LogP contribution is -2.45. The van der Waals surface area contributed by atoms with Gasteiger partial charge < -0.3 is 10.2 Å². The lowest BCUT2D eigenvalue weighted by molar-refractivity contribution is -0.134. The molecule has 0 aliphatic rings. The molecular formula is C14H22N2O2S. The predicted molar refractivity (Wildman–Crippen MR) is 78.4 cm³/mol. The smallest absolute Gasteiger partial charge is 0.261 e. The highest BCUT2D eigenvalue weighted by Crippen LogP contribution is 2.17. The van der Waals surface area contributed by atoms with E-state index in [4.69, 9.17) is 0 Å². The van der Waals surface area contributed by atoms with Crippen molar-refractivity contribution in [1.29, 1.82) is 0 Å². The van der Waals surface area contributed by atoms with Crippen molar-refractivity contribution >= 4 is 23.2 Å². The van der Waals surface area contributed by atoms with E-state index in [2.05, 4.69) is 12.2 Å². The third-order valence-corrected chi connectivity index (χ3v) is 4.39. The zero-order valence-electron chi connectivity index (χ0n) is 12.0. The average Bonchev–Trinajstić information content (AvgIpc) is 2.91. The number of amides is 2. The quantitative estimate of drug-likeness (QED) is 0.871. The van der Waals surface area contributed by atoms with Crippen molar-refractivity contribution in [2.24, 2.45) is 0 Å². The molecule has 1 rings (SSSR count). The number of carbonyl (C=O) groups excluding carboxylic acids is 2. The van der Waals surface area contributed by atoms with E-state index in [9.17, 15) is 9.59 Å². The standard InChI is InChI=1S/C14H22N2O2S/c1-5-14(2,3)16(4)12(17)8-9-15-13(18)11-7-6-10-19-11/h6-7,10H,5,8-9H2,1-4H3,(H,15,18). The molecule has 1 aromatic heterocycles. The van der Waals surface area contributed by atoms with E-state index < -0.39 is 0 Å². The summed E-state index contributed by atoms with van der Waals surface area (Å²) in [7, 11) is 1.81. The van der Waals surface area contributed by atoms with Gasteiger partial charge in [-0.2, -0.15) is 0 Å². The fourth-order valence-electron chi connectivity index (χ4n) is 1.52. The predicted octanol–water partition coefficient (Wildman–Crippen LogP) is 2.52. The zero-order chi connectivity index (χ0) is 14.5. The Hall–Kier alpha value is -1.36. The summed E-state index contributed by atoms with van der Waals surface area (Å²) >= 11 is 1.40. The van der Waals surface area contributed by atoms with Crippen LogP contribution >= 0.6 is 11.3 Å². The van der Waals surface area contributed by atoms with Crippen LogP contribution in [0.4, 0.5) is 0 Å². The first-order valence-corrected chi connectivity index (χ1v) is 7.35. The molecule has 19 heavy (non-hydrogen) atoms. The topological polar surface area (TPSA) is 49.4 Å². The molecule has 0 unspecified atom stereocenters. The van der Waals surface area contributed by atoms with Crippen LogP contribution in [0.5, 0.6) is 0 Å². The summed E-state index contributed by atoms with van der Waals surface area (Å²) in [6.07, 6.45) is 1.23. The number of thiophene rings is 1. The van der Waals surface area contributed by atoms with Crippen molar-refractivity contribution in [3.63, 3.8) is 0 Å². The molecule has 5 heteroatoms. The lowest BCUT2D eigenvalue weighted by atomic mass is 9.99. The van der Waals surface area contributed by atoms with E-state index in [0.29, 0.717) is 17.8 Å². The Bertz CT molecular complexity index is 427. The van der Waals surface area contributed by atoms with E-state index >= 15 is 0 Å². The van der Waals surface area contributed by atoms with Gasteiger partial charge in [-0.3, -0.25) is 9.59 Å². The van der Waals surface area contributed by atoms with Crippen LogP contribution in [0.25, 0.3) is 0 Å². The third-order valence-electron chi connectivity index (χ3n) is 3.52. The van der Waals surface area contributed by atoms with Gasteiger partial charge in [0.15, 0.2) is 0 Å². The Balaban J connectivity index is 2.37. The van der Waals surface area contributed by atoms with Crippen LogP contribution < -0.4 is 5.32 Å². The van der Waals surface area contributed by atoms with Gasteiger partial charge in [-0.05, 0) is 31.7 Å². The van der Waals surface area contributed by atoms with E-state index in [-0.39, 0.29) is 17.4 Å². The van der Waals surface area contributed by atoms with Gasteiger partial charge in [0.1, 0.15) is 0 Å². The van der Waals surface area contributed by atoms with Crippen LogP contribution in [0.2, 0.25) is 0 Å². The highest BCUT2D eigenvalue weighted by atomic mass is 32.1. The SMILES string of the molecule is CCC(C)(C)N(C)C(=O)CCNC(=O)c1cccs1. The highest BCUT2D eigenvalue weighted by molar-refractivity contribution is 7.12. The number of hydrogen-bond donors (Lipinski definition) is 1. The number of hydrogen-bond acceptors (Lipinski definition) is 3. The Morgan fingerprint density at radius 2 is 2.11 bits per heavy atom. The molecule has 1 N–H and O–H groups in total. The summed E-state index contributed by atoms with van der Waals surface area (Å²) in [5, 5.41) is 4.62. The second-order valence-corrected chi connectivity index (χ2v) is 6.05. The summed E-state index contributed by atoms with van der Waals surface area (Å²) < 4.78 is 0. The fourth-order valence-corrected chi connectivity index (χ4v) is 2.16. The maximum atomic E-state index is 12.0. The first-order valence-electron chi connectivity index (χ1n) is 6.47. The monoisotopic (exact) mass is 282 g/mol. The van der Waals surface area contributed by atoms with Gasteiger partial charge in [0.25, 0.3) is 5.91 Å². The first-order chi connectivity index (χ1) is 8.88. The summed E-state index contributed by atoms with van der Waals surface area (Å²) in [6, 6.07) is 3.61. The first kappa shape index (κ1) is 15.7. The van der Waals surface area contributed by atoms with Gasteiger partial charge >= 0.3 is 0 Å². The van der Waals surface area contributed by atoms with E-state index in [1.54, 1.807) is 11.0 Å². The molecule has 4 nitrogen and oxygen atoms in total. The Labute approximate surface area is 118 Å². The number of carbonyl (C=O) groups is 2. The molecule has 106 valence electrons. The van der Waals surface area contributed by atoms with E-state index in [1.165, 1.54) is 11.3 Å². The number of rotatable bonds is 6. The van der Waals surface area contributed by atoms with Gasteiger partial charge in [0.05, 0.1) is 4.88 Å². The van der Waals surface area contributed by atoms with Gasteiger partial charge in [0, 0.05) is 25.6 Å². The van der Waals surface area contributed by atoms with Crippen LogP contribution in [-0.2, 0) is 4.79 Å². The minimum absolute atomic E-state index is 0.0540. The van der Waals surface area contributed by atoms with Crippen molar-refractivity contribution in [3.05, 3.63) is 22.4 Å². The fraction of sp³-hybridized carbons (Fsp3) is 0.571. The van der Waals surface area contributed by atoms with Crippen LogP contribution in [-0.4, -0.2) is 35.8 Å².